The lowest BCUT2D eigenvalue weighted by molar-refractivity contribution is -0.162. The van der Waals surface area contributed by atoms with Crippen molar-refractivity contribution in [1.29, 1.82) is 0 Å². The second-order valence-electron chi connectivity index (χ2n) is 9.40. The first-order valence-corrected chi connectivity index (χ1v) is 10.5. The van der Waals surface area contributed by atoms with Crippen LogP contribution in [0.4, 0.5) is 0 Å². The summed E-state index contributed by atoms with van der Waals surface area (Å²) < 4.78 is 12.6. The van der Waals surface area contributed by atoms with Gasteiger partial charge in [-0.2, -0.15) is 0 Å². The van der Waals surface area contributed by atoms with Crippen LogP contribution in [0.5, 0.6) is 0 Å². The molecular formula is C21H34N2O4. The lowest BCUT2D eigenvalue weighted by Crippen LogP contribution is -2.46. The number of aliphatic carboxylic acids is 1. The van der Waals surface area contributed by atoms with Gasteiger partial charge < -0.3 is 24.4 Å². The van der Waals surface area contributed by atoms with Crippen molar-refractivity contribution in [1.82, 2.24) is 9.80 Å². The number of hydrogen-bond acceptors (Lipinski definition) is 5. The number of ether oxygens (including phenoxy) is 2. The first-order chi connectivity index (χ1) is 12.8. The monoisotopic (exact) mass is 378 g/mol. The van der Waals surface area contributed by atoms with Crippen molar-refractivity contribution in [2.24, 2.45) is 11.8 Å². The molecule has 6 heteroatoms. The Balaban J connectivity index is 1.33. The van der Waals surface area contributed by atoms with Crippen molar-refractivity contribution in [2.75, 3.05) is 20.1 Å². The Morgan fingerprint density at radius 1 is 1.26 bits per heavy atom. The molecule has 0 aromatic carbocycles. The summed E-state index contributed by atoms with van der Waals surface area (Å²) in [5.41, 5.74) is 0. The van der Waals surface area contributed by atoms with Crippen LogP contribution in [0, 0.1) is 11.8 Å². The van der Waals surface area contributed by atoms with E-state index in [1.807, 2.05) is 13.8 Å². The lowest BCUT2D eigenvalue weighted by atomic mass is 9.76. The van der Waals surface area contributed by atoms with E-state index >= 15 is 0 Å². The summed E-state index contributed by atoms with van der Waals surface area (Å²) in [4.78, 5) is 15.7. The number of rotatable bonds is 7. The summed E-state index contributed by atoms with van der Waals surface area (Å²) in [5, 5.41) is 8.85. The van der Waals surface area contributed by atoms with E-state index in [1.165, 1.54) is 0 Å². The topological polar surface area (TPSA) is 62.2 Å². The molecule has 0 aromatic rings. The zero-order valence-electron chi connectivity index (χ0n) is 16.8. The third-order valence-corrected chi connectivity index (χ3v) is 6.95. The fraction of sp³-hybridized carbons (Fsp3) is 0.857. The molecule has 4 atom stereocenters. The molecule has 2 aliphatic heterocycles. The molecule has 4 rings (SSSR count). The van der Waals surface area contributed by atoms with Gasteiger partial charge in [0.1, 0.15) is 6.10 Å². The molecule has 0 aromatic heterocycles. The van der Waals surface area contributed by atoms with Gasteiger partial charge >= 0.3 is 5.97 Å². The van der Waals surface area contributed by atoms with Crippen LogP contribution in [0.2, 0.25) is 0 Å². The van der Waals surface area contributed by atoms with Gasteiger partial charge in [-0.3, -0.25) is 4.79 Å². The number of carboxylic acids is 1. The molecule has 2 heterocycles. The smallest absolute Gasteiger partial charge is 0.303 e. The van der Waals surface area contributed by atoms with E-state index < -0.39 is 11.8 Å². The number of carboxylic acid groups (broad SMARTS) is 1. The highest BCUT2D eigenvalue weighted by Crippen LogP contribution is 2.45. The Kier molecular flexibility index (Phi) is 5.25. The van der Waals surface area contributed by atoms with Gasteiger partial charge in [-0.15, -0.1) is 0 Å². The van der Waals surface area contributed by atoms with Crippen LogP contribution in [0.25, 0.3) is 0 Å². The molecule has 4 aliphatic rings. The molecule has 0 bridgehead atoms. The summed E-state index contributed by atoms with van der Waals surface area (Å²) in [6.45, 7) is 6.18. The van der Waals surface area contributed by atoms with Gasteiger partial charge in [0.15, 0.2) is 5.79 Å². The van der Waals surface area contributed by atoms with Crippen molar-refractivity contribution < 1.29 is 19.4 Å². The van der Waals surface area contributed by atoms with Crippen LogP contribution >= 0.6 is 0 Å². The molecule has 1 N–H and O–H groups in total. The number of nitrogens with zero attached hydrogens (tertiary/aromatic N) is 2. The van der Waals surface area contributed by atoms with E-state index in [9.17, 15) is 4.79 Å². The summed E-state index contributed by atoms with van der Waals surface area (Å²) in [7, 11) is 2.22. The molecule has 2 saturated carbocycles. The normalized spacial score (nSPS) is 39.8. The SMILES string of the molecule is CN(C[C@H]1C[C@@H](N2C=CCC2)[C@@H]2OC(C)(C)O[C@H]12)C1CC(CCC(=O)O)C1. The van der Waals surface area contributed by atoms with Crippen molar-refractivity contribution in [2.45, 2.75) is 82.5 Å². The number of fused-ring (bicyclic) bond motifs is 1. The van der Waals surface area contributed by atoms with E-state index in [-0.39, 0.29) is 12.2 Å². The maximum Gasteiger partial charge on any atom is 0.303 e. The summed E-state index contributed by atoms with van der Waals surface area (Å²) in [6.07, 6.45) is 10.5. The van der Waals surface area contributed by atoms with Gasteiger partial charge in [0.25, 0.3) is 0 Å². The fourth-order valence-electron chi connectivity index (χ4n) is 5.49. The minimum Gasteiger partial charge on any atom is -0.481 e. The molecule has 0 spiro atoms. The van der Waals surface area contributed by atoms with Crippen molar-refractivity contribution in [3.05, 3.63) is 12.3 Å². The Hall–Kier alpha value is -1.11. The number of carbonyl (C=O) groups is 1. The molecule has 3 fully saturated rings. The van der Waals surface area contributed by atoms with Crippen LogP contribution < -0.4 is 0 Å². The van der Waals surface area contributed by atoms with Crippen LogP contribution in [0.3, 0.4) is 0 Å². The zero-order chi connectivity index (χ0) is 19.2. The number of hydrogen-bond donors (Lipinski definition) is 1. The van der Waals surface area contributed by atoms with E-state index in [0.29, 0.717) is 30.3 Å². The van der Waals surface area contributed by atoms with E-state index in [2.05, 4.69) is 29.1 Å². The maximum absolute atomic E-state index is 10.7. The van der Waals surface area contributed by atoms with Gasteiger partial charge in [-0.1, -0.05) is 6.08 Å². The molecule has 0 radical (unpaired) electrons. The second kappa shape index (κ2) is 7.37. The highest BCUT2D eigenvalue weighted by atomic mass is 16.8. The molecule has 1 saturated heterocycles. The average Bonchev–Trinajstić information content (AvgIpc) is 3.22. The van der Waals surface area contributed by atoms with E-state index in [4.69, 9.17) is 14.6 Å². The molecule has 0 amide bonds. The van der Waals surface area contributed by atoms with Crippen LogP contribution in [0.1, 0.15) is 52.4 Å². The molecule has 0 unspecified atom stereocenters. The first kappa shape index (κ1) is 19.2. The third kappa shape index (κ3) is 4.03. The minimum atomic E-state index is -0.674. The van der Waals surface area contributed by atoms with Crippen molar-refractivity contribution in [3.8, 4) is 0 Å². The quantitative estimate of drug-likeness (QED) is 0.735. The fourth-order valence-corrected chi connectivity index (χ4v) is 5.49. The van der Waals surface area contributed by atoms with Gasteiger partial charge in [-0.05, 0) is 65.1 Å². The highest BCUT2D eigenvalue weighted by molar-refractivity contribution is 5.66. The Bertz CT molecular complexity index is 587. The predicted molar refractivity (Wildman–Crippen MR) is 102 cm³/mol. The molecular weight excluding hydrogens is 344 g/mol. The van der Waals surface area contributed by atoms with Crippen LogP contribution in [-0.2, 0) is 14.3 Å². The highest BCUT2D eigenvalue weighted by Gasteiger charge is 2.55. The molecule has 152 valence electrons. The second-order valence-corrected chi connectivity index (χ2v) is 9.40. The van der Waals surface area contributed by atoms with Gasteiger partial charge in [-0.25, -0.2) is 0 Å². The summed E-state index contributed by atoms with van der Waals surface area (Å²) in [6, 6.07) is 1.00. The van der Waals surface area contributed by atoms with E-state index in [1.54, 1.807) is 0 Å². The van der Waals surface area contributed by atoms with Gasteiger partial charge in [0.2, 0.25) is 0 Å². The molecule has 27 heavy (non-hydrogen) atoms. The van der Waals surface area contributed by atoms with Crippen LogP contribution in [0.15, 0.2) is 12.3 Å². The first-order valence-electron chi connectivity index (χ1n) is 10.5. The van der Waals surface area contributed by atoms with Crippen molar-refractivity contribution >= 4 is 5.97 Å². The Morgan fingerprint density at radius 3 is 2.67 bits per heavy atom. The minimum absolute atomic E-state index is 0.158. The largest absolute Gasteiger partial charge is 0.481 e. The van der Waals surface area contributed by atoms with Gasteiger partial charge in [0.05, 0.1) is 12.1 Å². The molecule has 2 aliphatic carbocycles. The predicted octanol–water partition coefficient (Wildman–Crippen LogP) is 2.69. The molecule has 6 nitrogen and oxygen atoms in total. The summed E-state index contributed by atoms with van der Waals surface area (Å²) in [5.74, 6) is -0.102. The van der Waals surface area contributed by atoms with Crippen LogP contribution in [-0.4, -0.2) is 71.1 Å². The Morgan fingerprint density at radius 2 is 2.00 bits per heavy atom. The van der Waals surface area contributed by atoms with E-state index in [0.717, 1.165) is 45.2 Å². The van der Waals surface area contributed by atoms with Gasteiger partial charge in [0, 0.05) is 31.5 Å². The standard InChI is InChI=1S/C21H34N2O4/c1-21(2)26-19-15(12-17(20(19)27-21)23-8-4-5-9-23)13-22(3)16-10-14(11-16)6-7-18(24)25/h4,8,14-17,19-20H,5-7,9-13H2,1-3H3,(H,24,25)/t14?,15-,16?,17-,19-,20+/m1/s1. The third-order valence-electron chi connectivity index (χ3n) is 6.95. The maximum atomic E-state index is 10.7. The average molecular weight is 379 g/mol. The van der Waals surface area contributed by atoms with Crippen molar-refractivity contribution in [3.63, 3.8) is 0 Å². The zero-order valence-corrected chi connectivity index (χ0v) is 16.8. The summed E-state index contributed by atoms with van der Waals surface area (Å²) >= 11 is 0. The Labute approximate surface area is 162 Å². The lowest BCUT2D eigenvalue weighted by Gasteiger charge is -2.42.